The highest BCUT2D eigenvalue weighted by Gasteiger charge is 2.27. The van der Waals surface area contributed by atoms with Crippen LogP contribution in [0.1, 0.15) is 19.4 Å². The number of nitrogens with zero attached hydrogens (tertiary/aromatic N) is 2. The van der Waals surface area contributed by atoms with E-state index in [4.69, 9.17) is 4.74 Å². The SMILES string of the molecule is CNc1ncccc1CN1CCOC(C)(C)C1. The zero-order chi connectivity index (χ0) is 12.3. The lowest BCUT2D eigenvalue weighted by Crippen LogP contribution is -2.47. The molecule has 1 aromatic heterocycles. The average molecular weight is 235 g/mol. The molecule has 0 saturated carbocycles. The molecule has 0 spiro atoms. The van der Waals surface area contributed by atoms with Crippen molar-refractivity contribution in [1.29, 1.82) is 0 Å². The Labute approximate surface area is 103 Å². The van der Waals surface area contributed by atoms with Crippen LogP contribution in [0.4, 0.5) is 5.82 Å². The van der Waals surface area contributed by atoms with Gasteiger partial charge in [-0.15, -0.1) is 0 Å². The number of pyridine rings is 1. The van der Waals surface area contributed by atoms with E-state index in [0.29, 0.717) is 0 Å². The number of nitrogens with one attached hydrogen (secondary N) is 1. The van der Waals surface area contributed by atoms with Crippen molar-refractivity contribution in [2.75, 3.05) is 32.1 Å². The summed E-state index contributed by atoms with van der Waals surface area (Å²) in [4.78, 5) is 6.75. The highest BCUT2D eigenvalue weighted by atomic mass is 16.5. The van der Waals surface area contributed by atoms with E-state index < -0.39 is 0 Å². The molecule has 4 nitrogen and oxygen atoms in total. The lowest BCUT2D eigenvalue weighted by molar-refractivity contribution is -0.0882. The fraction of sp³-hybridized carbons (Fsp3) is 0.615. The van der Waals surface area contributed by atoms with Gasteiger partial charge in [-0.25, -0.2) is 4.98 Å². The summed E-state index contributed by atoms with van der Waals surface area (Å²) >= 11 is 0. The Morgan fingerprint density at radius 2 is 2.35 bits per heavy atom. The van der Waals surface area contributed by atoms with E-state index in [-0.39, 0.29) is 5.60 Å². The predicted octanol–water partition coefficient (Wildman–Crippen LogP) is 1.73. The smallest absolute Gasteiger partial charge is 0.130 e. The van der Waals surface area contributed by atoms with Gasteiger partial charge in [0.25, 0.3) is 0 Å². The average Bonchev–Trinajstić information content (AvgIpc) is 2.28. The fourth-order valence-electron chi connectivity index (χ4n) is 2.28. The van der Waals surface area contributed by atoms with Crippen molar-refractivity contribution in [3.8, 4) is 0 Å². The van der Waals surface area contributed by atoms with E-state index in [1.165, 1.54) is 5.56 Å². The molecule has 1 aliphatic rings. The zero-order valence-electron chi connectivity index (χ0n) is 10.9. The lowest BCUT2D eigenvalue weighted by Gasteiger charge is -2.38. The van der Waals surface area contributed by atoms with Gasteiger partial charge in [-0.3, -0.25) is 4.90 Å². The number of ether oxygens (including phenoxy) is 1. The van der Waals surface area contributed by atoms with Gasteiger partial charge < -0.3 is 10.1 Å². The summed E-state index contributed by atoms with van der Waals surface area (Å²) in [6.45, 7) is 7.97. The summed E-state index contributed by atoms with van der Waals surface area (Å²) in [6, 6.07) is 4.11. The molecule has 2 rings (SSSR count). The maximum atomic E-state index is 5.72. The number of hydrogen-bond donors (Lipinski definition) is 1. The van der Waals surface area contributed by atoms with Gasteiger partial charge >= 0.3 is 0 Å². The molecule has 1 saturated heterocycles. The van der Waals surface area contributed by atoms with Crippen LogP contribution in [0.15, 0.2) is 18.3 Å². The van der Waals surface area contributed by atoms with E-state index in [2.05, 4.69) is 35.1 Å². The van der Waals surface area contributed by atoms with Crippen molar-refractivity contribution in [2.24, 2.45) is 0 Å². The van der Waals surface area contributed by atoms with Gasteiger partial charge in [-0.05, 0) is 19.9 Å². The van der Waals surface area contributed by atoms with E-state index >= 15 is 0 Å². The van der Waals surface area contributed by atoms with E-state index in [9.17, 15) is 0 Å². The molecule has 0 amide bonds. The van der Waals surface area contributed by atoms with Crippen LogP contribution < -0.4 is 5.32 Å². The zero-order valence-corrected chi connectivity index (χ0v) is 10.9. The van der Waals surface area contributed by atoms with Gasteiger partial charge in [0.2, 0.25) is 0 Å². The number of aromatic nitrogens is 1. The van der Waals surface area contributed by atoms with Crippen LogP contribution in [0.2, 0.25) is 0 Å². The van der Waals surface area contributed by atoms with Crippen molar-refractivity contribution < 1.29 is 4.74 Å². The Bertz CT molecular complexity index is 379. The molecule has 0 aromatic carbocycles. The molecule has 17 heavy (non-hydrogen) atoms. The van der Waals surface area contributed by atoms with Gasteiger partial charge in [0, 0.05) is 38.4 Å². The summed E-state index contributed by atoms with van der Waals surface area (Å²) in [5.74, 6) is 0.969. The number of rotatable bonds is 3. The van der Waals surface area contributed by atoms with Gasteiger partial charge in [-0.1, -0.05) is 6.07 Å². The molecule has 2 heterocycles. The summed E-state index contributed by atoms with van der Waals surface area (Å²) in [7, 11) is 1.91. The van der Waals surface area contributed by atoms with Crippen molar-refractivity contribution in [2.45, 2.75) is 26.0 Å². The molecular weight excluding hydrogens is 214 g/mol. The van der Waals surface area contributed by atoms with Crippen LogP contribution in [0.25, 0.3) is 0 Å². The normalized spacial score (nSPS) is 20.2. The summed E-state index contributed by atoms with van der Waals surface area (Å²) < 4.78 is 5.72. The topological polar surface area (TPSA) is 37.4 Å². The highest BCUT2D eigenvalue weighted by Crippen LogP contribution is 2.20. The van der Waals surface area contributed by atoms with Crippen LogP contribution >= 0.6 is 0 Å². The third kappa shape index (κ3) is 3.17. The first kappa shape index (κ1) is 12.3. The quantitative estimate of drug-likeness (QED) is 0.866. The maximum absolute atomic E-state index is 5.72. The summed E-state index contributed by atoms with van der Waals surface area (Å²) in [5, 5.41) is 3.14. The standard InChI is InChI=1S/C13H21N3O/c1-13(2)10-16(7-8-17-13)9-11-5-4-6-15-12(11)14-3/h4-6H,7-10H2,1-3H3,(H,14,15). The van der Waals surface area contributed by atoms with E-state index in [1.54, 1.807) is 0 Å². The second-order valence-corrected chi connectivity index (χ2v) is 5.08. The maximum Gasteiger partial charge on any atom is 0.130 e. The van der Waals surface area contributed by atoms with Gasteiger partial charge in [0.05, 0.1) is 12.2 Å². The first-order valence-electron chi connectivity index (χ1n) is 6.09. The molecular formula is C13H21N3O. The third-order valence-corrected chi connectivity index (χ3v) is 3.03. The monoisotopic (exact) mass is 235 g/mol. The van der Waals surface area contributed by atoms with Gasteiger partial charge in [-0.2, -0.15) is 0 Å². The van der Waals surface area contributed by atoms with Crippen molar-refractivity contribution in [1.82, 2.24) is 9.88 Å². The molecule has 94 valence electrons. The van der Waals surface area contributed by atoms with Crippen molar-refractivity contribution >= 4 is 5.82 Å². The Kier molecular flexibility index (Phi) is 3.64. The Hall–Kier alpha value is -1.13. The molecule has 1 fully saturated rings. The van der Waals surface area contributed by atoms with E-state index in [1.807, 2.05) is 19.3 Å². The molecule has 0 radical (unpaired) electrons. The van der Waals surface area contributed by atoms with Crippen LogP contribution in [-0.4, -0.2) is 42.2 Å². The number of morpholine rings is 1. The number of hydrogen-bond acceptors (Lipinski definition) is 4. The van der Waals surface area contributed by atoms with Gasteiger partial charge in [0.15, 0.2) is 0 Å². The minimum Gasteiger partial charge on any atom is -0.373 e. The first-order valence-corrected chi connectivity index (χ1v) is 6.09. The second kappa shape index (κ2) is 5.02. The molecule has 0 bridgehead atoms. The van der Waals surface area contributed by atoms with E-state index in [0.717, 1.165) is 32.1 Å². The molecule has 1 aromatic rings. The van der Waals surface area contributed by atoms with Crippen LogP contribution in [-0.2, 0) is 11.3 Å². The Morgan fingerprint density at radius 1 is 1.53 bits per heavy atom. The van der Waals surface area contributed by atoms with Gasteiger partial charge in [0.1, 0.15) is 5.82 Å². The molecule has 0 atom stereocenters. The minimum absolute atomic E-state index is 0.0414. The fourth-order valence-corrected chi connectivity index (χ4v) is 2.28. The van der Waals surface area contributed by atoms with Crippen LogP contribution in [0, 0.1) is 0 Å². The summed E-state index contributed by atoms with van der Waals surface area (Å²) in [6.07, 6.45) is 1.82. The molecule has 4 heteroatoms. The number of anilines is 1. The lowest BCUT2D eigenvalue weighted by atomic mass is 10.1. The minimum atomic E-state index is -0.0414. The Morgan fingerprint density at radius 3 is 3.06 bits per heavy atom. The third-order valence-electron chi connectivity index (χ3n) is 3.03. The van der Waals surface area contributed by atoms with Crippen molar-refractivity contribution in [3.63, 3.8) is 0 Å². The molecule has 0 aliphatic carbocycles. The van der Waals surface area contributed by atoms with Crippen molar-refractivity contribution in [3.05, 3.63) is 23.9 Å². The first-order chi connectivity index (χ1) is 8.11. The largest absolute Gasteiger partial charge is 0.373 e. The highest BCUT2D eigenvalue weighted by molar-refractivity contribution is 5.42. The summed E-state index contributed by atoms with van der Waals surface area (Å²) in [5.41, 5.74) is 1.20. The molecule has 1 N–H and O–H groups in total. The predicted molar refractivity (Wildman–Crippen MR) is 69.1 cm³/mol. The Balaban J connectivity index is 2.05. The molecule has 0 unspecified atom stereocenters. The van der Waals surface area contributed by atoms with Crippen LogP contribution in [0.5, 0.6) is 0 Å². The molecule has 1 aliphatic heterocycles. The van der Waals surface area contributed by atoms with Crippen LogP contribution in [0.3, 0.4) is 0 Å². The second-order valence-electron chi connectivity index (χ2n) is 5.08.